The fourth-order valence-corrected chi connectivity index (χ4v) is 3.77. The van der Waals surface area contributed by atoms with E-state index in [4.69, 9.17) is 0 Å². The lowest BCUT2D eigenvalue weighted by atomic mass is 10.00. The van der Waals surface area contributed by atoms with Gasteiger partial charge in [0.1, 0.15) is 0 Å². The molecule has 0 radical (unpaired) electrons. The molecule has 106 valence electrons. The van der Waals surface area contributed by atoms with Crippen molar-refractivity contribution in [2.24, 2.45) is 0 Å². The van der Waals surface area contributed by atoms with Crippen molar-refractivity contribution in [2.45, 2.75) is 32.4 Å². The molecule has 3 nitrogen and oxygen atoms in total. The highest BCUT2D eigenvalue weighted by Crippen LogP contribution is 2.26. The van der Waals surface area contributed by atoms with Crippen LogP contribution in [0.1, 0.15) is 30.6 Å². The van der Waals surface area contributed by atoms with Crippen molar-refractivity contribution in [1.82, 2.24) is 15.2 Å². The van der Waals surface area contributed by atoms with Crippen LogP contribution in [0.5, 0.6) is 0 Å². The van der Waals surface area contributed by atoms with Crippen molar-refractivity contribution in [3.05, 3.63) is 29.6 Å². The van der Waals surface area contributed by atoms with Gasteiger partial charge in [-0.05, 0) is 38.6 Å². The molecule has 1 aromatic rings. The predicted octanol–water partition coefficient (Wildman–Crippen LogP) is 2.48. The van der Waals surface area contributed by atoms with Crippen molar-refractivity contribution < 1.29 is 0 Å². The number of pyridine rings is 1. The number of thioether (sulfide) groups is 1. The lowest BCUT2D eigenvalue weighted by molar-refractivity contribution is 0.215. The standard InChI is InChI=1S/C15H25N3S/c1-4-7-16-15(13-6-5-12(2)17-10-13)14-11-19-9-8-18(14)3/h5-6,10,14-16H,4,7-9,11H2,1-3H3. The van der Waals surface area contributed by atoms with Crippen molar-refractivity contribution in [1.29, 1.82) is 0 Å². The van der Waals surface area contributed by atoms with Gasteiger partial charge < -0.3 is 5.32 Å². The fourth-order valence-electron chi connectivity index (χ4n) is 2.50. The first-order chi connectivity index (χ1) is 9.22. The molecule has 0 spiro atoms. The number of nitrogens with one attached hydrogen (secondary N) is 1. The Hall–Kier alpha value is -0.580. The molecule has 2 rings (SSSR count). The first kappa shape index (κ1) is 14.8. The van der Waals surface area contributed by atoms with Crippen molar-refractivity contribution >= 4 is 11.8 Å². The Bertz CT molecular complexity index is 379. The van der Waals surface area contributed by atoms with Gasteiger partial charge >= 0.3 is 0 Å². The number of aryl methyl sites for hydroxylation is 1. The van der Waals surface area contributed by atoms with Crippen LogP contribution in [0, 0.1) is 6.92 Å². The van der Waals surface area contributed by atoms with Gasteiger partial charge in [-0.25, -0.2) is 0 Å². The summed E-state index contributed by atoms with van der Waals surface area (Å²) in [7, 11) is 2.24. The van der Waals surface area contributed by atoms with E-state index in [0.717, 1.165) is 12.2 Å². The zero-order valence-corrected chi connectivity index (χ0v) is 13.0. The number of aromatic nitrogens is 1. The highest BCUT2D eigenvalue weighted by Gasteiger charge is 2.28. The molecule has 1 aliphatic rings. The van der Waals surface area contributed by atoms with Gasteiger partial charge in [-0.1, -0.05) is 13.0 Å². The molecule has 1 N–H and O–H groups in total. The molecule has 0 aromatic carbocycles. The highest BCUT2D eigenvalue weighted by molar-refractivity contribution is 7.99. The van der Waals surface area contributed by atoms with Crippen LogP contribution in [0.2, 0.25) is 0 Å². The van der Waals surface area contributed by atoms with E-state index < -0.39 is 0 Å². The topological polar surface area (TPSA) is 28.2 Å². The number of rotatable bonds is 5. The van der Waals surface area contributed by atoms with Crippen LogP contribution < -0.4 is 5.32 Å². The number of likely N-dealkylation sites (N-methyl/N-ethyl adjacent to an activating group) is 1. The average molecular weight is 279 g/mol. The van der Waals surface area contributed by atoms with Gasteiger partial charge in [0.15, 0.2) is 0 Å². The zero-order valence-electron chi connectivity index (χ0n) is 12.2. The molecular formula is C15H25N3S. The molecule has 2 unspecified atom stereocenters. The second-order valence-corrected chi connectivity index (χ2v) is 6.44. The summed E-state index contributed by atoms with van der Waals surface area (Å²) in [5, 5.41) is 3.71. The summed E-state index contributed by atoms with van der Waals surface area (Å²) in [5.74, 6) is 2.45. The number of hydrogen-bond acceptors (Lipinski definition) is 4. The Morgan fingerprint density at radius 3 is 3.00 bits per heavy atom. The van der Waals surface area contributed by atoms with Crippen LogP contribution in [-0.4, -0.2) is 47.6 Å². The Morgan fingerprint density at radius 2 is 2.37 bits per heavy atom. The van der Waals surface area contributed by atoms with E-state index in [0.29, 0.717) is 12.1 Å². The molecule has 0 saturated carbocycles. The van der Waals surface area contributed by atoms with E-state index >= 15 is 0 Å². The van der Waals surface area contributed by atoms with Gasteiger partial charge in [-0.3, -0.25) is 9.88 Å². The van der Waals surface area contributed by atoms with E-state index in [1.54, 1.807) is 0 Å². The van der Waals surface area contributed by atoms with E-state index in [9.17, 15) is 0 Å². The number of nitrogens with zero attached hydrogens (tertiary/aromatic N) is 2. The van der Waals surface area contributed by atoms with Crippen LogP contribution in [-0.2, 0) is 0 Å². The minimum absolute atomic E-state index is 0.394. The summed E-state index contributed by atoms with van der Waals surface area (Å²) >= 11 is 2.06. The quantitative estimate of drug-likeness (QED) is 0.896. The molecule has 2 atom stereocenters. The Morgan fingerprint density at radius 1 is 1.53 bits per heavy atom. The van der Waals surface area contributed by atoms with Crippen molar-refractivity contribution in [2.75, 3.05) is 31.6 Å². The third-order valence-corrected chi connectivity index (χ3v) is 4.78. The molecule has 0 aliphatic carbocycles. The van der Waals surface area contributed by atoms with Crippen molar-refractivity contribution in [3.63, 3.8) is 0 Å². The van der Waals surface area contributed by atoms with E-state index in [-0.39, 0.29) is 0 Å². The summed E-state index contributed by atoms with van der Waals surface area (Å²) in [5.41, 5.74) is 2.41. The maximum atomic E-state index is 4.46. The van der Waals surface area contributed by atoms with E-state index in [1.165, 1.54) is 30.0 Å². The monoisotopic (exact) mass is 279 g/mol. The second kappa shape index (κ2) is 7.27. The molecule has 1 saturated heterocycles. The van der Waals surface area contributed by atoms with Crippen LogP contribution in [0.25, 0.3) is 0 Å². The van der Waals surface area contributed by atoms with Gasteiger partial charge in [0.05, 0.1) is 6.04 Å². The van der Waals surface area contributed by atoms with Gasteiger partial charge in [-0.15, -0.1) is 0 Å². The highest BCUT2D eigenvalue weighted by atomic mass is 32.2. The number of hydrogen-bond donors (Lipinski definition) is 1. The maximum absolute atomic E-state index is 4.46. The normalized spacial score (nSPS) is 22.4. The minimum atomic E-state index is 0.394. The molecule has 1 aromatic heterocycles. The van der Waals surface area contributed by atoms with E-state index in [2.05, 4.69) is 53.1 Å². The van der Waals surface area contributed by atoms with Crippen LogP contribution >= 0.6 is 11.8 Å². The van der Waals surface area contributed by atoms with Crippen LogP contribution in [0.15, 0.2) is 18.3 Å². The molecule has 1 fully saturated rings. The predicted molar refractivity (Wildman–Crippen MR) is 83.8 cm³/mol. The second-order valence-electron chi connectivity index (χ2n) is 5.29. The largest absolute Gasteiger partial charge is 0.309 e. The average Bonchev–Trinajstić information content (AvgIpc) is 2.43. The first-order valence-electron chi connectivity index (χ1n) is 7.16. The van der Waals surface area contributed by atoms with Gasteiger partial charge in [-0.2, -0.15) is 11.8 Å². The zero-order chi connectivity index (χ0) is 13.7. The van der Waals surface area contributed by atoms with Crippen LogP contribution in [0.4, 0.5) is 0 Å². The Kier molecular flexibility index (Phi) is 5.67. The minimum Gasteiger partial charge on any atom is -0.309 e. The smallest absolute Gasteiger partial charge is 0.0501 e. The summed E-state index contributed by atoms with van der Waals surface area (Å²) in [6.07, 6.45) is 3.20. The summed E-state index contributed by atoms with van der Waals surface area (Å²) < 4.78 is 0. The first-order valence-corrected chi connectivity index (χ1v) is 8.31. The van der Waals surface area contributed by atoms with Gasteiger partial charge in [0.25, 0.3) is 0 Å². The van der Waals surface area contributed by atoms with E-state index in [1.807, 2.05) is 13.1 Å². The van der Waals surface area contributed by atoms with Crippen molar-refractivity contribution in [3.8, 4) is 0 Å². The summed E-state index contributed by atoms with van der Waals surface area (Å²) in [6, 6.07) is 5.30. The Balaban J connectivity index is 2.16. The molecular weight excluding hydrogens is 254 g/mol. The molecule has 19 heavy (non-hydrogen) atoms. The third kappa shape index (κ3) is 3.94. The van der Waals surface area contributed by atoms with Gasteiger partial charge in [0.2, 0.25) is 0 Å². The third-order valence-electron chi connectivity index (χ3n) is 3.74. The molecule has 4 heteroatoms. The molecule has 0 bridgehead atoms. The Labute approximate surface area is 121 Å². The molecule has 0 amide bonds. The summed E-state index contributed by atoms with van der Waals surface area (Å²) in [4.78, 5) is 6.95. The lowest BCUT2D eigenvalue weighted by Crippen LogP contribution is -2.48. The lowest BCUT2D eigenvalue weighted by Gasteiger charge is -2.38. The maximum Gasteiger partial charge on any atom is 0.0501 e. The molecule has 1 aliphatic heterocycles. The molecule has 2 heterocycles. The van der Waals surface area contributed by atoms with Crippen LogP contribution in [0.3, 0.4) is 0 Å². The summed E-state index contributed by atoms with van der Waals surface area (Å²) in [6.45, 7) is 6.50. The SMILES string of the molecule is CCCNC(c1ccc(C)nc1)C1CSCCN1C. The fraction of sp³-hybridized carbons (Fsp3) is 0.667. The van der Waals surface area contributed by atoms with Gasteiger partial charge in [0, 0.05) is 36.0 Å².